The second kappa shape index (κ2) is 3.91. The van der Waals surface area contributed by atoms with Crippen LogP contribution in [0.4, 0.5) is 19.0 Å². The first-order chi connectivity index (χ1) is 8.94. The Morgan fingerprint density at radius 2 is 2.05 bits per heavy atom. The van der Waals surface area contributed by atoms with Gasteiger partial charge in [0, 0.05) is 11.1 Å². The average molecular weight is 270 g/mol. The smallest absolute Gasteiger partial charge is 0.406 e. The summed E-state index contributed by atoms with van der Waals surface area (Å²) in [6.45, 7) is 0. The van der Waals surface area contributed by atoms with Gasteiger partial charge in [0.2, 0.25) is 0 Å². The first kappa shape index (κ1) is 11.9. The second-order valence-corrected chi connectivity index (χ2v) is 4.24. The Morgan fingerprint density at radius 1 is 1.26 bits per heavy atom. The van der Waals surface area contributed by atoms with E-state index in [0.717, 1.165) is 11.1 Å². The fourth-order valence-electron chi connectivity index (χ4n) is 2.22. The fourth-order valence-corrected chi connectivity index (χ4v) is 2.22. The molecule has 4 nitrogen and oxygen atoms in total. The molecule has 100 valence electrons. The summed E-state index contributed by atoms with van der Waals surface area (Å²) < 4.78 is 45.6. The zero-order valence-corrected chi connectivity index (χ0v) is 9.62. The van der Waals surface area contributed by atoms with Crippen LogP contribution in [-0.4, -0.2) is 11.5 Å². The summed E-state index contributed by atoms with van der Waals surface area (Å²) in [6, 6.07) is 4.18. The Balaban J connectivity index is 2.05. The zero-order chi connectivity index (χ0) is 13.6. The number of anilines is 1. The minimum atomic E-state index is -4.72. The number of alkyl halides is 3. The maximum absolute atomic E-state index is 12.2. The molecule has 0 spiro atoms. The highest BCUT2D eigenvalue weighted by atomic mass is 19.4. The molecule has 19 heavy (non-hydrogen) atoms. The average Bonchev–Trinajstić information content (AvgIpc) is 2.69. The maximum atomic E-state index is 12.2. The van der Waals surface area contributed by atoms with Crippen molar-refractivity contribution >= 4 is 5.82 Å². The third-order valence-corrected chi connectivity index (χ3v) is 3.02. The normalized spacial score (nSPS) is 13.8. The molecule has 1 aromatic carbocycles. The van der Waals surface area contributed by atoms with E-state index in [-0.39, 0.29) is 11.6 Å². The molecule has 1 heterocycles. The number of nitrogen functional groups attached to an aromatic ring is 1. The van der Waals surface area contributed by atoms with E-state index in [1.165, 1.54) is 12.1 Å². The highest BCUT2D eigenvalue weighted by Crippen LogP contribution is 2.38. The third-order valence-electron chi connectivity index (χ3n) is 3.02. The van der Waals surface area contributed by atoms with E-state index in [1.807, 2.05) is 0 Å². The molecule has 2 aromatic rings. The zero-order valence-electron chi connectivity index (χ0n) is 9.62. The lowest BCUT2D eigenvalue weighted by molar-refractivity contribution is -0.274. The molecule has 0 saturated carbocycles. The van der Waals surface area contributed by atoms with Crippen molar-refractivity contribution in [2.24, 2.45) is 0 Å². The molecule has 1 aliphatic rings. The molecule has 0 radical (unpaired) electrons. The van der Waals surface area contributed by atoms with Crippen LogP contribution in [0.3, 0.4) is 0 Å². The molecule has 2 N–H and O–H groups in total. The predicted octanol–water partition coefficient (Wildman–Crippen LogP) is 2.92. The van der Waals surface area contributed by atoms with Crippen molar-refractivity contribution in [2.45, 2.75) is 19.2 Å². The molecular weight excluding hydrogens is 261 g/mol. The van der Waals surface area contributed by atoms with E-state index in [0.29, 0.717) is 24.2 Å². The van der Waals surface area contributed by atoms with E-state index >= 15 is 0 Å². The number of benzene rings is 1. The molecule has 1 aromatic heterocycles. The Kier molecular flexibility index (Phi) is 2.44. The van der Waals surface area contributed by atoms with Crippen LogP contribution in [-0.2, 0) is 12.8 Å². The standard InChI is InChI=1S/C12H9F3N2O2/c13-12(14,15)18-7-3-1-6-2-4-8-10(9(6)5-7)19-17-11(8)16/h1,3,5H,2,4H2,(H2,16,17). The number of aromatic nitrogens is 1. The van der Waals surface area contributed by atoms with Gasteiger partial charge in [0.1, 0.15) is 5.75 Å². The number of halogens is 3. The van der Waals surface area contributed by atoms with E-state index in [4.69, 9.17) is 10.3 Å². The summed E-state index contributed by atoms with van der Waals surface area (Å²) >= 11 is 0. The first-order valence-corrected chi connectivity index (χ1v) is 5.57. The minimum absolute atomic E-state index is 0.280. The van der Waals surface area contributed by atoms with Crippen LogP contribution in [0.2, 0.25) is 0 Å². The number of rotatable bonds is 1. The second-order valence-electron chi connectivity index (χ2n) is 4.24. The van der Waals surface area contributed by atoms with Gasteiger partial charge in [0.25, 0.3) is 0 Å². The van der Waals surface area contributed by atoms with Crippen molar-refractivity contribution in [3.8, 4) is 17.1 Å². The third kappa shape index (κ3) is 2.11. The molecule has 0 saturated heterocycles. The van der Waals surface area contributed by atoms with Crippen LogP contribution in [0.15, 0.2) is 22.7 Å². The Bertz CT molecular complexity index is 634. The number of nitrogens with zero attached hydrogens (tertiary/aromatic N) is 1. The summed E-state index contributed by atoms with van der Waals surface area (Å²) in [5.74, 6) is 0.420. The SMILES string of the molecule is Nc1noc2c1CCc1ccc(OC(F)(F)F)cc1-2. The summed E-state index contributed by atoms with van der Waals surface area (Å²) in [6.07, 6.45) is -3.37. The van der Waals surface area contributed by atoms with Gasteiger partial charge in [-0.05, 0) is 30.5 Å². The quantitative estimate of drug-likeness (QED) is 0.865. The van der Waals surface area contributed by atoms with Gasteiger partial charge in [-0.3, -0.25) is 0 Å². The molecule has 0 bridgehead atoms. The van der Waals surface area contributed by atoms with Crippen molar-refractivity contribution in [1.82, 2.24) is 5.16 Å². The van der Waals surface area contributed by atoms with Crippen LogP contribution in [0, 0.1) is 0 Å². The van der Waals surface area contributed by atoms with Gasteiger partial charge < -0.3 is 15.0 Å². The maximum Gasteiger partial charge on any atom is 0.573 e. The first-order valence-electron chi connectivity index (χ1n) is 5.57. The Labute approximate surface area is 105 Å². The van der Waals surface area contributed by atoms with Gasteiger partial charge in [0.05, 0.1) is 0 Å². The Morgan fingerprint density at radius 3 is 2.79 bits per heavy atom. The lowest BCUT2D eigenvalue weighted by atomic mass is 9.90. The van der Waals surface area contributed by atoms with Gasteiger partial charge in [-0.1, -0.05) is 11.2 Å². The van der Waals surface area contributed by atoms with Crippen molar-refractivity contribution in [1.29, 1.82) is 0 Å². The van der Waals surface area contributed by atoms with Crippen molar-refractivity contribution < 1.29 is 22.4 Å². The highest BCUT2D eigenvalue weighted by molar-refractivity contribution is 5.72. The summed E-state index contributed by atoms with van der Waals surface area (Å²) in [4.78, 5) is 0. The molecule has 0 fully saturated rings. The number of ether oxygens (including phenoxy) is 1. The number of nitrogens with two attached hydrogens (primary N) is 1. The number of aryl methyl sites for hydroxylation is 1. The molecule has 7 heteroatoms. The predicted molar refractivity (Wildman–Crippen MR) is 60.4 cm³/mol. The molecule has 1 aliphatic carbocycles. The van der Waals surface area contributed by atoms with Crippen LogP contribution < -0.4 is 10.5 Å². The largest absolute Gasteiger partial charge is 0.573 e. The molecular formula is C12H9F3N2O2. The molecule has 0 aliphatic heterocycles. The van der Waals surface area contributed by atoms with Crippen LogP contribution in [0.1, 0.15) is 11.1 Å². The number of hydrogen-bond donors (Lipinski definition) is 1. The van der Waals surface area contributed by atoms with Gasteiger partial charge in [-0.2, -0.15) is 0 Å². The molecule has 0 atom stereocenters. The highest BCUT2D eigenvalue weighted by Gasteiger charge is 2.32. The van der Waals surface area contributed by atoms with E-state index in [2.05, 4.69) is 9.89 Å². The monoisotopic (exact) mass is 270 g/mol. The van der Waals surface area contributed by atoms with Gasteiger partial charge in [0.15, 0.2) is 11.6 Å². The summed E-state index contributed by atoms with van der Waals surface area (Å²) in [5.41, 5.74) is 7.81. The van der Waals surface area contributed by atoms with Crippen molar-refractivity contribution in [3.05, 3.63) is 29.3 Å². The topological polar surface area (TPSA) is 61.3 Å². The van der Waals surface area contributed by atoms with Gasteiger partial charge in [-0.15, -0.1) is 13.2 Å². The fraction of sp³-hybridized carbons (Fsp3) is 0.250. The van der Waals surface area contributed by atoms with Crippen LogP contribution in [0.25, 0.3) is 11.3 Å². The van der Waals surface area contributed by atoms with E-state index < -0.39 is 6.36 Å². The van der Waals surface area contributed by atoms with Crippen LogP contribution >= 0.6 is 0 Å². The molecule has 0 unspecified atom stereocenters. The Hall–Kier alpha value is -2.18. The van der Waals surface area contributed by atoms with Crippen molar-refractivity contribution in [3.63, 3.8) is 0 Å². The number of fused-ring (bicyclic) bond motifs is 3. The van der Waals surface area contributed by atoms with Crippen molar-refractivity contribution in [2.75, 3.05) is 5.73 Å². The van der Waals surface area contributed by atoms with E-state index in [1.54, 1.807) is 6.07 Å². The van der Waals surface area contributed by atoms with Gasteiger partial charge in [-0.25, -0.2) is 0 Å². The lowest BCUT2D eigenvalue weighted by Crippen LogP contribution is -2.17. The van der Waals surface area contributed by atoms with E-state index in [9.17, 15) is 13.2 Å². The molecule has 3 rings (SSSR count). The van der Waals surface area contributed by atoms with Gasteiger partial charge >= 0.3 is 6.36 Å². The summed E-state index contributed by atoms with van der Waals surface area (Å²) in [7, 11) is 0. The summed E-state index contributed by atoms with van der Waals surface area (Å²) in [5, 5.41) is 3.64. The molecule has 0 amide bonds. The van der Waals surface area contributed by atoms with Crippen LogP contribution in [0.5, 0.6) is 5.75 Å². The minimum Gasteiger partial charge on any atom is -0.406 e. The lowest BCUT2D eigenvalue weighted by Gasteiger charge is -2.16. The number of hydrogen-bond acceptors (Lipinski definition) is 4.